The molecule has 0 spiro atoms. The summed E-state index contributed by atoms with van der Waals surface area (Å²) in [6.45, 7) is 0.861. The minimum absolute atomic E-state index is 0. The Kier molecular flexibility index (Phi) is 8.53. The van der Waals surface area contributed by atoms with Crippen LogP contribution in [0, 0.1) is 0 Å². The Labute approximate surface area is 169 Å². The van der Waals surface area contributed by atoms with E-state index in [1.807, 2.05) is 11.8 Å². The molecule has 0 aromatic heterocycles. The highest BCUT2D eigenvalue weighted by atomic mass is 35.5. The SMILES string of the molecule is COc1ccc(NC(=O)CC2CSCCN2)cc1OCC(=O)NC1CC1.Cl. The van der Waals surface area contributed by atoms with Crippen LogP contribution >= 0.6 is 24.2 Å². The largest absolute Gasteiger partial charge is 0.493 e. The maximum atomic E-state index is 12.2. The van der Waals surface area contributed by atoms with Crippen LogP contribution in [0.15, 0.2) is 18.2 Å². The summed E-state index contributed by atoms with van der Waals surface area (Å²) in [5, 5.41) is 9.10. The fourth-order valence-corrected chi connectivity index (χ4v) is 3.64. The van der Waals surface area contributed by atoms with E-state index in [9.17, 15) is 9.59 Å². The smallest absolute Gasteiger partial charge is 0.258 e. The van der Waals surface area contributed by atoms with Crippen molar-refractivity contribution in [1.82, 2.24) is 10.6 Å². The molecule has 3 N–H and O–H groups in total. The highest BCUT2D eigenvalue weighted by molar-refractivity contribution is 7.99. The third-order valence-electron chi connectivity index (χ3n) is 4.18. The number of methoxy groups -OCH3 is 1. The second-order valence-corrected chi connectivity index (χ2v) is 7.62. The summed E-state index contributed by atoms with van der Waals surface area (Å²) in [4.78, 5) is 24.0. The zero-order valence-electron chi connectivity index (χ0n) is 15.3. The molecule has 9 heteroatoms. The average molecular weight is 416 g/mol. The van der Waals surface area contributed by atoms with Gasteiger partial charge in [-0.05, 0) is 25.0 Å². The van der Waals surface area contributed by atoms with Crippen molar-refractivity contribution in [2.75, 3.05) is 37.1 Å². The molecular weight excluding hydrogens is 390 g/mol. The van der Waals surface area contributed by atoms with Crippen molar-refractivity contribution in [3.8, 4) is 11.5 Å². The zero-order chi connectivity index (χ0) is 18.4. The first-order valence-electron chi connectivity index (χ1n) is 8.85. The maximum absolute atomic E-state index is 12.2. The van der Waals surface area contributed by atoms with Gasteiger partial charge in [0.25, 0.3) is 5.91 Å². The van der Waals surface area contributed by atoms with Crippen LogP contribution in [0.4, 0.5) is 5.69 Å². The van der Waals surface area contributed by atoms with E-state index >= 15 is 0 Å². The second-order valence-electron chi connectivity index (χ2n) is 6.47. The van der Waals surface area contributed by atoms with Gasteiger partial charge in [-0.15, -0.1) is 12.4 Å². The fourth-order valence-electron chi connectivity index (χ4n) is 2.69. The second kappa shape index (κ2) is 10.6. The van der Waals surface area contributed by atoms with E-state index in [0.29, 0.717) is 29.6 Å². The van der Waals surface area contributed by atoms with Gasteiger partial charge in [0.15, 0.2) is 18.1 Å². The normalized spacial score (nSPS) is 18.8. The van der Waals surface area contributed by atoms with E-state index in [1.54, 1.807) is 18.2 Å². The molecule has 150 valence electrons. The monoisotopic (exact) mass is 415 g/mol. The number of nitrogens with one attached hydrogen (secondary N) is 3. The van der Waals surface area contributed by atoms with Crippen LogP contribution in [0.25, 0.3) is 0 Å². The molecule has 7 nitrogen and oxygen atoms in total. The Morgan fingerprint density at radius 1 is 1.26 bits per heavy atom. The van der Waals surface area contributed by atoms with Gasteiger partial charge in [0, 0.05) is 48.3 Å². The summed E-state index contributed by atoms with van der Waals surface area (Å²) in [5.41, 5.74) is 0.622. The third kappa shape index (κ3) is 7.12. The van der Waals surface area contributed by atoms with Crippen molar-refractivity contribution < 1.29 is 19.1 Å². The topological polar surface area (TPSA) is 88.7 Å². The quantitative estimate of drug-likeness (QED) is 0.600. The van der Waals surface area contributed by atoms with E-state index in [0.717, 1.165) is 30.9 Å². The molecule has 0 radical (unpaired) electrons. The van der Waals surface area contributed by atoms with Crippen molar-refractivity contribution in [3.63, 3.8) is 0 Å². The number of hydrogen-bond acceptors (Lipinski definition) is 6. The molecule has 1 heterocycles. The first-order chi connectivity index (χ1) is 12.6. The van der Waals surface area contributed by atoms with Gasteiger partial charge < -0.3 is 25.4 Å². The van der Waals surface area contributed by atoms with E-state index in [1.165, 1.54) is 7.11 Å². The molecule has 1 saturated heterocycles. The fraction of sp³-hybridized carbons (Fsp3) is 0.556. The number of rotatable bonds is 8. The van der Waals surface area contributed by atoms with Crippen molar-refractivity contribution >= 4 is 41.7 Å². The Balaban J connectivity index is 0.00000261. The van der Waals surface area contributed by atoms with Crippen LogP contribution in [0.3, 0.4) is 0 Å². The van der Waals surface area contributed by atoms with Crippen molar-refractivity contribution in [2.45, 2.75) is 31.3 Å². The van der Waals surface area contributed by atoms with Crippen molar-refractivity contribution in [2.24, 2.45) is 0 Å². The summed E-state index contributed by atoms with van der Waals surface area (Å²) >= 11 is 1.86. The van der Waals surface area contributed by atoms with Gasteiger partial charge in [-0.1, -0.05) is 0 Å². The molecule has 2 aliphatic rings. The number of hydrogen-bond donors (Lipinski definition) is 3. The molecule has 2 fully saturated rings. The highest BCUT2D eigenvalue weighted by Gasteiger charge is 2.23. The van der Waals surface area contributed by atoms with Crippen LogP contribution in [0.2, 0.25) is 0 Å². The van der Waals surface area contributed by atoms with Gasteiger partial charge in [0.1, 0.15) is 0 Å². The standard InChI is InChI=1S/C18H25N3O4S.ClH/c1-24-15-5-4-13(21-17(22)9-14-11-26-7-6-19-14)8-16(15)25-10-18(23)20-12-2-3-12;/h4-5,8,12,14,19H,2-3,6-7,9-11H2,1H3,(H,20,23)(H,21,22);1H. The predicted molar refractivity (Wildman–Crippen MR) is 109 cm³/mol. The summed E-state index contributed by atoms with van der Waals surface area (Å²) in [5.74, 6) is 2.79. The van der Waals surface area contributed by atoms with Crippen LogP contribution in [0.5, 0.6) is 11.5 Å². The molecule has 1 unspecified atom stereocenters. The number of amides is 2. The Hall–Kier alpha value is -1.64. The first-order valence-corrected chi connectivity index (χ1v) is 10.0. The van der Waals surface area contributed by atoms with E-state index in [2.05, 4.69) is 16.0 Å². The van der Waals surface area contributed by atoms with Crippen molar-refractivity contribution in [3.05, 3.63) is 18.2 Å². The number of halogens is 1. The number of carbonyl (C=O) groups is 2. The minimum atomic E-state index is -0.148. The number of carbonyl (C=O) groups excluding carboxylic acids is 2. The number of ether oxygens (including phenoxy) is 2. The van der Waals surface area contributed by atoms with E-state index in [-0.39, 0.29) is 36.9 Å². The molecule has 3 rings (SSSR count). The third-order valence-corrected chi connectivity index (χ3v) is 5.31. The Morgan fingerprint density at radius 2 is 2.07 bits per heavy atom. The molecule has 1 aliphatic heterocycles. The van der Waals surface area contributed by atoms with Gasteiger partial charge in [0.2, 0.25) is 5.91 Å². The molecule has 27 heavy (non-hydrogen) atoms. The van der Waals surface area contributed by atoms with Crippen LogP contribution in [-0.2, 0) is 9.59 Å². The average Bonchev–Trinajstić information content (AvgIpc) is 3.45. The van der Waals surface area contributed by atoms with Gasteiger partial charge in [0.05, 0.1) is 7.11 Å². The summed E-state index contributed by atoms with van der Waals surface area (Å²) in [6, 6.07) is 5.67. The van der Waals surface area contributed by atoms with Gasteiger partial charge >= 0.3 is 0 Å². The highest BCUT2D eigenvalue weighted by Crippen LogP contribution is 2.30. The molecular formula is C18H26ClN3O4S. The molecule has 1 aromatic carbocycles. The van der Waals surface area contributed by atoms with Crippen LogP contribution in [0.1, 0.15) is 19.3 Å². The lowest BCUT2D eigenvalue weighted by atomic mass is 10.2. The number of thioether (sulfide) groups is 1. The van der Waals surface area contributed by atoms with Crippen molar-refractivity contribution in [1.29, 1.82) is 0 Å². The van der Waals surface area contributed by atoms with Gasteiger partial charge in [-0.25, -0.2) is 0 Å². The number of benzene rings is 1. The Bertz CT molecular complexity index is 651. The molecule has 1 aromatic rings. The predicted octanol–water partition coefficient (Wildman–Crippen LogP) is 1.81. The summed E-state index contributed by atoms with van der Waals surface area (Å²) in [7, 11) is 1.54. The maximum Gasteiger partial charge on any atom is 0.258 e. The van der Waals surface area contributed by atoms with Crippen LogP contribution < -0.4 is 25.4 Å². The Morgan fingerprint density at radius 3 is 2.74 bits per heavy atom. The van der Waals surface area contributed by atoms with E-state index < -0.39 is 0 Å². The van der Waals surface area contributed by atoms with Crippen LogP contribution in [-0.4, -0.2) is 55.7 Å². The molecule has 0 bridgehead atoms. The van der Waals surface area contributed by atoms with Gasteiger partial charge in [-0.2, -0.15) is 11.8 Å². The lowest BCUT2D eigenvalue weighted by Gasteiger charge is -2.22. The van der Waals surface area contributed by atoms with Gasteiger partial charge in [-0.3, -0.25) is 9.59 Å². The molecule has 1 saturated carbocycles. The molecule has 2 amide bonds. The summed E-state index contributed by atoms with van der Waals surface area (Å²) < 4.78 is 10.9. The minimum Gasteiger partial charge on any atom is -0.493 e. The number of anilines is 1. The lowest BCUT2D eigenvalue weighted by molar-refractivity contribution is -0.123. The molecule has 1 aliphatic carbocycles. The molecule has 1 atom stereocenters. The zero-order valence-corrected chi connectivity index (χ0v) is 16.9. The lowest BCUT2D eigenvalue weighted by Crippen LogP contribution is -2.39. The summed E-state index contributed by atoms with van der Waals surface area (Å²) in [6.07, 6.45) is 2.49. The first kappa shape index (κ1) is 21.7. The van der Waals surface area contributed by atoms with E-state index in [4.69, 9.17) is 9.47 Å².